The van der Waals surface area contributed by atoms with Crippen molar-refractivity contribution in [1.29, 1.82) is 0 Å². The third kappa shape index (κ3) is 2.68. The van der Waals surface area contributed by atoms with Gasteiger partial charge in [-0.2, -0.15) is 0 Å². The van der Waals surface area contributed by atoms with Crippen LogP contribution in [-0.2, 0) is 16.6 Å². The van der Waals surface area contributed by atoms with Gasteiger partial charge in [0.1, 0.15) is 0 Å². The van der Waals surface area contributed by atoms with Gasteiger partial charge in [0.25, 0.3) is 0 Å². The first-order valence-electron chi connectivity index (χ1n) is 4.78. The lowest BCUT2D eigenvalue weighted by Crippen LogP contribution is -2.09. The van der Waals surface area contributed by atoms with E-state index >= 15 is 0 Å². The molecule has 1 rings (SSSR count). The van der Waals surface area contributed by atoms with Crippen molar-refractivity contribution in [2.45, 2.75) is 19.8 Å². The Labute approximate surface area is 88.8 Å². The number of ether oxygens (including phenoxy) is 1. The molecule has 4 heteroatoms. The zero-order chi connectivity index (χ0) is 11.4. The lowest BCUT2D eigenvalue weighted by Gasteiger charge is -2.03. The summed E-state index contributed by atoms with van der Waals surface area (Å²) < 4.78 is 6.29. The largest absolute Gasteiger partial charge is 0.469 e. The Bertz CT molecular complexity index is 379. The monoisotopic (exact) mass is 209 g/mol. The average Bonchev–Trinajstić information content (AvgIpc) is 2.56. The van der Waals surface area contributed by atoms with E-state index in [-0.39, 0.29) is 24.6 Å². The van der Waals surface area contributed by atoms with Crippen molar-refractivity contribution in [3.05, 3.63) is 23.5 Å². The summed E-state index contributed by atoms with van der Waals surface area (Å²) in [6, 6.07) is 3.65. The third-order valence-corrected chi connectivity index (χ3v) is 2.44. The smallest absolute Gasteiger partial charge is 0.305 e. The molecule has 0 bridgehead atoms. The summed E-state index contributed by atoms with van der Waals surface area (Å²) in [4.78, 5) is 22.5. The molecule has 0 radical (unpaired) electrons. The molecule has 1 aromatic heterocycles. The van der Waals surface area contributed by atoms with Crippen LogP contribution in [-0.4, -0.2) is 23.4 Å². The maximum atomic E-state index is 11.7. The number of nitrogens with zero attached hydrogens (tertiary/aromatic N) is 1. The van der Waals surface area contributed by atoms with Gasteiger partial charge in [0.2, 0.25) is 0 Å². The van der Waals surface area contributed by atoms with Gasteiger partial charge in [-0.15, -0.1) is 0 Å². The summed E-state index contributed by atoms with van der Waals surface area (Å²) in [5, 5.41) is 0. The lowest BCUT2D eigenvalue weighted by molar-refractivity contribution is -0.140. The molecule has 82 valence electrons. The Kier molecular flexibility index (Phi) is 3.66. The van der Waals surface area contributed by atoms with Gasteiger partial charge in [0.05, 0.1) is 19.2 Å². The maximum Gasteiger partial charge on any atom is 0.305 e. The minimum atomic E-state index is -0.353. The number of rotatable bonds is 4. The Morgan fingerprint density at radius 1 is 1.33 bits per heavy atom. The molecule has 4 nitrogen and oxygen atoms in total. The second-order valence-corrected chi connectivity index (χ2v) is 3.42. The molecule has 1 heterocycles. The predicted molar refractivity (Wildman–Crippen MR) is 55.7 cm³/mol. The molecule has 0 saturated heterocycles. The van der Waals surface area contributed by atoms with Gasteiger partial charge in [-0.3, -0.25) is 9.59 Å². The normalized spacial score (nSPS) is 10.1. The fourth-order valence-corrected chi connectivity index (χ4v) is 1.34. The van der Waals surface area contributed by atoms with Gasteiger partial charge in [0.15, 0.2) is 5.78 Å². The van der Waals surface area contributed by atoms with Crippen molar-refractivity contribution in [2.24, 2.45) is 7.05 Å². The zero-order valence-corrected chi connectivity index (χ0v) is 9.24. The first-order valence-corrected chi connectivity index (χ1v) is 4.78. The number of ketones is 1. The number of aromatic nitrogens is 1. The summed E-state index contributed by atoms with van der Waals surface area (Å²) in [6.45, 7) is 1.93. The number of hydrogen-bond acceptors (Lipinski definition) is 3. The van der Waals surface area contributed by atoms with E-state index in [0.29, 0.717) is 5.69 Å². The van der Waals surface area contributed by atoms with Crippen LogP contribution >= 0.6 is 0 Å². The van der Waals surface area contributed by atoms with E-state index in [2.05, 4.69) is 4.74 Å². The third-order valence-electron chi connectivity index (χ3n) is 2.44. The van der Waals surface area contributed by atoms with Gasteiger partial charge < -0.3 is 9.30 Å². The van der Waals surface area contributed by atoms with Crippen LogP contribution in [0.2, 0.25) is 0 Å². The molecule has 0 atom stereocenters. The number of methoxy groups -OCH3 is 1. The molecule has 0 fully saturated rings. The Morgan fingerprint density at radius 2 is 2.00 bits per heavy atom. The van der Waals surface area contributed by atoms with Gasteiger partial charge in [-0.25, -0.2) is 0 Å². The summed E-state index contributed by atoms with van der Waals surface area (Å²) in [5.74, 6) is -0.384. The Morgan fingerprint density at radius 3 is 2.47 bits per heavy atom. The predicted octanol–water partition coefficient (Wildman–Crippen LogP) is 1.47. The highest BCUT2D eigenvalue weighted by atomic mass is 16.5. The van der Waals surface area contributed by atoms with Crippen molar-refractivity contribution in [3.8, 4) is 0 Å². The van der Waals surface area contributed by atoms with E-state index in [1.807, 2.05) is 24.6 Å². The SMILES string of the molecule is COC(=O)CCC(=O)c1ccc(C)n1C. The first-order chi connectivity index (χ1) is 7.06. The van der Waals surface area contributed by atoms with Gasteiger partial charge in [0, 0.05) is 19.2 Å². The van der Waals surface area contributed by atoms with Crippen LogP contribution in [0.3, 0.4) is 0 Å². The fraction of sp³-hybridized carbons (Fsp3) is 0.455. The molecule has 0 amide bonds. The molecular weight excluding hydrogens is 194 g/mol. The molecule has 0 aromatic carbocycles. The molecule has 0 aliphatic rings. The molecule has 0 aliphatic heterocycles. The van der Waals surface area contributed by atoms with E-state index in [4.69, 9.17) is 0 Å². The first kappa shape index (κ1) is 11.5. The van der Waals surface area contributed by atoms with Gasteiger partial charge in [-0.05, 0) is 19.1 Å². The Hall–Kier alpha value is -1.58. The van der Waals surface area contributed by atoms with Crippen LogP contribution in [0.15, 0.2) is 12.1 Å². The minimum absolute atomic E-state index is 0.0315. The quantitative estimate of drug-likeness (QED) is 0.557. The van der Waals surface area contributed by atoms with Gasteiger partial charge in [-0.1, -0.05) is 0 Å². The topological polar surface area (TPSA) is 48.3 Å². The second-order valence-electron chi connectivity index (χ2n) is 3.42. The molecule has 0 unspecified atom stereocenters. The molecular formula is C11H15NO3. The highest BCUT2D eigenvalue weighted by Gasteiger charge is 2.12. The average molecular weight is 209 g/mol. The number of carbonyl (C=O) groups is 2. The van der Waals surface area contributed by atoms with E-state index in [1.54, 1.807) is 6.07 Å². The molecule has 0 saturated carbocycles. The summed E-state index contributed by atoms with van der Waals surface area (Å²) in [5.41, 5.74) is 1.66. The summed E-state index contributed by atoms with van der Waals surface area (Å²) >= 11 is 0. The van der Waals surface area contributed by atoms with Crippen LogP contribution in [0, 0.1) is 6.92 Å². The minimum Gasteiger partial charge on any atom is -0.469 e. The number of hydrogen-bond donors (Lipinski definition) is 0. The van der Waals surface area contributed by atoms with Crippen molar-refractivity contribution in [2.75, 3.05) is 7.11 Å². The van der Waals surface area contributed by atoms with Crippen molar-refractivity contribution in [1.82, 2.24) is 4.57 Å². The van der Waals surface area contributed by atoms with Crippen LogP contribution < -0.4 is 0 Å². The Balaban J connectivity index is 2.62. The van der Waals surface area contributed by atoms with Crippen LogP contribution in [0.1, 0.15) is 29.0 Å². The number of carbonyl (C=O) groups excluding carboxylic acids is 2. The van der Waals surface area contributed by atoms with Crippen molar-refractivity contribution in [3.63, 3.8) is 0 Å². The molecule has 0 spiro atoms. The summed E-state index contributed by atoms with van der Waals surface area (Å²) in [7, 11) is 3.15. The van der Waals surface area contributed by atoms with Crippen LogP contribution in [0.25, 0.3) is 0 Å². The molecule has 0 N–H and O–H groups in total. The number of esters is 1. The fourth-order valence-electron chi connectivity index (χ4n) is 1.34. The van der Waals surface area contributed by atoms with E-state index < -0.39 is 0 Å². The van der Waals surface area contributed by atoms with E-state index in [9.17, 15) is 9.59 Å². The highest BCUT2D eigenvalue weighted by molar-refractivity contribution is 5.96. The van der Waals surface area contributed by atoms with E-state index in [0.717, 1.165) is 5.69 Å². The second kappa shape index (κ2) is 4.77. The van der Waals surface area contributed by atoms with Crippen LogP contribution in [0.5, 0.6) is 0 Å². The van der Waals surface area contributed by atoms with Gasteiger partial charge >= 0.3 is 5.97 Å². The highest BCUT2D eigenvalue weighted by Crippen LogP contribution is 2.09. The van der Waals surface area contributed by atoms with Crippen LogP contribution in [0.4, 0.5) is 0 Å². The van der Waals surface area contributed by atoms with Crippen molar-refractivity contribution < 1.29 is 14.3 Å². The lowest BCUT2D eigenvalue weighted by atomic mass is 10.2. The summed E-state index contributed by atoms with van der Waals surface area (Å²) in [6.07, 6.45) is 0.337. The van der Waals surface area contributed by atoms with Crippen molar-refractivity contribution >= 4 is 11.8 Å². The maximum absolute atomic E-state index is 11.7. The number of aryl methyl sites for hydroxylation is 1. The zero-order valence-electron chi connectivity index (χ0n) is 9.24. The standard InChI is InChI=1S/C11H15NO3/c1-8-4-5-9(12(8)2)10(13)6-7-11(14)15-3/h4-5H,6-7H2,1-3H3. The van der Waals surface area contributed by atoms with E-state index in [1.165, 1.54) is 7.11 Å². The molecule has 0 aliphatic carbocycles. The number of Topliss-reactive ketones (excluding diaryl/α,β-unsaturated/α-hetero) is 1. The molecule has 15 heavy (non-hydrogen) atoms. The molecule has 1 aromatic rings.